The zero-order valence-corrected chi connectivity index (χ0v) is 13.4. The van der Waals surface area contributed by atoms with E-state index in [1.54, 1.807) is 6.92 Å². The van der Waals surface area contributed by atoms with E-state index < -0.39 is 0 Å². The molecule has 4 nitrogen and oxygen atoms in total. The number of carbonyl (C=O) groups excluding carboxylic acids is 1. The van der Waals surface area contributed by atoms with Crippen LogP contribution in [0.1, 0.15) is 27.2 Å². The summed E-state index contributed by atoms with van der Waals surface area (Å²) in [6.07, 6.45) is 0. The highest BCUT2D eigenvalue weighted by atomic mass is 16.5. The second kappa shape index (κ2) is 6.08. The van der Waals surface area contributed by atoms with Crippen molar-refractivity contribution in [3.8, 4) is 11.3 Å². The van der Waals surface area contributed by atoms with Crippen LogP contribution in [0.4, 0.5) is 5.69 Å². The van der Waals surface area contributed by atoms with Crippen LogP contribution >= 0.6 is 0 Å². The number of hydrogen-bond donors (Lipinski definition) is 1. The maximum Gasteiger partial charge on any atom is 0.261 e. The molecule has 1 aromatic heterocycles. The van der Waals surface area contributed by atoms with Crippen molar-refractivity contribution in [2.24, 2.45) is 0 Å². The van der Waals surface area contributed by atoms with Gasteiger partial charge in [0.05, 0.1) is 5.69 Å². The van der Waals surface area contributed by atoms with Crippen LogP contribution in [0.5, 0.6) is 0 Å². The van der Waals surface area contributed by atoms with E-state index in [9.17, 15) is 4.79 Å². The van der Waals surface area contributed by atoms with Gasteiger partial charge in [0.15, 0.2) is 5.76 Å². The molecule has 0 aliphatic rings. The van der Waals surface area contributed by atoms with E-state index in [1.807, 2.05) is 62.4 Å². The number of amides is 1. The standard InChI is InChI=1S/C19H18N2O2/c1-12-8-10-15(11-9-12)18-17(14(3)21-23-18)19(22)20-16-7-5-4-6-13(16)2/h4-11H,1-3H3,(H,20,22). The Bertz CT molecular complexity index is 848. The molecular weight excluding hydrogens is 288 g/mol. The quantitative estimate of drug-likeness (QED) is 0.774. The lowest BCUT2D eigenvalue weighted by atomic mass is 10.0. The summed E-state index contributed by atoms with van der Waals surface area (Å²) in [5, 5.41) is 6.90. The summed E-state index contributed by atoms with van der Waals surface area (Å²) in [6.45, 7) is 5.74. The Balaban J connectivity index is 1.97. The molecule has 0 unspecified atom stereocenters. The fourth-order valence-corrected chi connectivity index (χ4v) is 2.44. The Morgan fingerprint density at radius 3 is 2.39 bits per heavy atom. The van der Waals surface area contributed by atoms with Crippen molar-refractivity contribution in [1.29, 1.82) is 0 Å². The van der Waals surface area contributed by atoms with Gasteiger partial charge in [-0.15, -0.1) is 0 Å². The van der Waals surface area contributed by atoms with Crippen molar-refractivity contribution in [2.45, 2.75) is 20.8 Å². The highest BCUT2D eigenvalue weighted by Gasteiger charge is 2.22. The van der Waals surface area contributed by atoms with E-state index >= 15 is 0 Å². The number of para-hydroxylation sites is 1. The van der Waals surface area contributed by atoms with Crippen molar-refractivity contribution in [2.75, 3.05) is 5.32 Å². The number of rotatable bonds is 3. The predicted molar refractivity (Wildman–Crippen MR) is 90.5 cm³/mol. The molecule has 3 aromatic rings. The number of carbonyl (C=O) groups is 1. The van der Waals surface area contributed by atoms with Crippen molar-refractivity contribution in [3.05, 3.63) is 70.9 Å². The monoisotopic (exact) mass is 306 g/mol. The minimum Gasteiger partial charge on any atom is -0.355 e. The number of anilines is 1. The normalized spacial score (nSPS) is 10.6. The van der Waals surface area contributed by atoms with Crippen LogP contribution in [-0.2, 0) is 0 Å². The number of benzene rings is 2. The number of nitrogens with zero attached hydrogens (tertiary/aromatic N) is 1. The SMILES string of the molecule is Cc1ccc(-c2onc(C)c2C(=O)Nc2ccccc2C)cc1. The van der Waals surface area contributed by atoms with Gasteiger partial charge in [0.25, 0.3) is 5.91 Å². The van der Waals surface area contributed by atoms with Gasteiger partial charge in [-0.25, -0.2) is 0 Å². The van der Waals surface area contributed by atoms with Gasteiger partial charge < -0.3 is 9.84 Å². The van der Waals surface area contributed by atoms with E-state index in [0.29, 0.717) is 17.0 Å². The van der Waals surface area contributed by atoms with Crippen LogP contribution in [0.3, 0.4) is 0 Å². The van der Waals surface area contributed by atoms with Crippen molar-refractivity contribution >= 4 is 11.6 Å². The van der Waals surface area contributed by atoms with E-state index in [0.717, 1.165) is 22.4 Å². The predicted octanol–water partition coefficient (Wildman–Crippen LogP) is 4.52. The number of aromatic nitrogens is 1. The Labute approximate surface area is 135 Å². The first-order valence-corrected chi connectivity index (χ1v) is 7.46. The zero-order chi connectivity index (χ0) is 16.4. The largest absolute Gasteiger partial charge is 0.355 e. The van der Waals surface area contributed by atoms with E-state index in [4.69, 9.17) is 4.52 Å². The van der Waals surface area contributed by atoms with Gasteiger partial charge in [-0.2, -0.15) is 0 Å². The third-order valence-corrected chi connectivity index (χ3v) is 3.80. The Hall–Kier alpha value is -2.88. The topological polar surface area (TPSA) is 55.1 Å². The lowest BCUT2D eigenvalue weighted by Gasteiger charge is -2.08. The summed E-state index contributed by atoms with van der Waals surface area (Å²) in [7, 11) is 0. The van der Waals surface area contributed by atoms with Crippen LogP contribution in [0.15, 0.2) is 53.1 Å². The molecule has 0 saturated carbocycles. The maximum atomic E-state index is 12.7. The smallest absolute Gasteiger partial charge is 0.261 e. The first kappa shape index (κ1) is 15.0. The molecule has 1 N–H and O–H groups in total. The van der Waals surface area contributed by atoms with Gasteiger partial charge in [-0.1, -0.05) is 53.2 Å². The first-order valence-electron chi connectivity index (χ1n) is 7.46. The van der Waals surface area contributed by atoms with Gasteiger partial charge in [-0.05, 0) is 32.4 Å². The summed E-state index contributed by atoms with van der Waals surface area (Å²) in [4.78, 5) is 12.7. The molecule has 4 heteroatoms. The molecule has 2 aromatic carbocycles. The lowest BCUT2D eigenvalue weighted by molar-refractivity contribution is 0.102. The summed E-state index contributed by atoms with van der Waals surface area (Å²) in [5.41, 5.74) is 4.82. The molecule has 23 heavy (non-hydrogen) atoms. The van der Waals surface area contributed by atoms with Gasteiger partial charge >= 0.3 is 0 Å². The van der Waals surface area contributed by atoms with Gasteiger partial charge in [0.1, 0.15) is 5.56 Å². The van der Waals surface area contributed by atoms with Crippen molar-refractivity contribution < 1.29 is 9.32 Å². The van der Waals surface area contributed by atoms with Crippen molar-refractivity contribution in [3.63, 3.8) is 0 Å². The molecule has 0 bridgehead atoms. The molecule has 0 fully saturated rings. The summed E-state index contributed by atoms with van der Waals surface area (Å²) < 4.78 is 5.40. The molecule has 0 aliphatic carbocycles. The summed E-state index contributed by atoms with van der Waals surface area (Å²) in [5.74, 6) is 0.280. The van der Waals surface area contributed by atoms with Crippen LogP contribution in [-0.4, -0.2) is 11.1 Å². The average molecular weight is 306 g/mol. The second-order valence-corrected chi connectivity index (χ2v) is 5.61. The van der Waals surface area contributed by atoms with E-state index in [1.165, 1.54) is 0 Å². The Morgan fingerprint density at radius 1 is 1.00 bits per heavy atom. The second-order valence-electron chi connectivity index (χ2n) is 5.61. The number of aryl methyl sites for hydroxylation is 3. The van der Waals surface area contributed by atoms with Crippen LogP contribution in [0, 0.1) is 20.8 Å². The molecular formula is C19H18N2O2. The van der Waals surface area contributed by atoms with Crippen LogP contribution in [0.25, 0.3) is 11.3 Å². The minimum atomic E-state index is -0.214. The third-order valence-electron chi connectivity index (χ3n) is 3.80. The first-order chi connectivity index (χ1) is 11.1. The Morgan fingerprint density at radius 2 is 1.70 bits per heavy atom. The van der Waals surface area contributed by atoms with E-state index in [-0.39, 0.29) is 5.91 Å². The molecule has 0 spiro atoms. The molecule has 116 valence electrons. The van der Waals surface area contributed by atoms with E-state index in [2.05, 4.69) is 10.5 Å². The third kappa shape index (κ3) is 3.01. The lowest BCUT2D eigenvalue weighted by Crippen LogP contribution is -2.14. The van der Waals surface area contributed by atoms with Crippen LogP contribution < -0.4 is 5.32 Å². The fraction of sp³-hybridized carbons (Fsp3) is 0.158. The van der Waals surface area contributed by atoms with Gasteiger partial charge in [0, 0.05) is 11.3 Å². The molecule has 3 rings (SSSR count). The van der Waals surface area contributed by atoms with Gasteiger partial charge in [0.2, 0.25) is 0 Å². The molecule has 0 aliphatic heterocycles. The zero-order valence-electron chi connectivity index (χ0n) is 13.4. The van der Waals surface area contributed by atoms with Crippen LogP contribution in [0.2, 0.25) is 0 Å². The molecule has 1 amide bonds. The molecule has 0 saturated heterocycles. The number of hydrogen-bond acceptors (Lipinski definition) is 3. The Kier molecular flexibility index (Phi) is 3.98. The highest BCUT2D eigenvalue weighted by Crippen LogP contribution is 2.27. The molecule has 1 heterocycles. The molecule has 0 radical (unpaired) electrons. The maximum absolute atomic E-state index is 12.7. The summed E-state index contributed by atoms with van der Waals surface area (Å²) >= 11 is 0. The minimum absolute atomic E-state index is 0.214. The van der Waals surface area contributed by atoms with Crippen molar-refractivity contribution in [1.82, 2.24) is 5.16 Å². The highest BCUT2D eigenvalue weighted by molar-refractivity contribution is 6.08. The van der Waals surface area contributed by atoms with Gasteiger partial charge in [-0.3, -0.25) is 4.79 Å². The number of nitrogens with one attached hydrogen (secondary N) is 1. The molecule has 0 atom stereocenters. The average Bonchev–Trinajstić information content (AvgIpc) is 2.92. The fourth-order valence-electron chi connectivity index (χ4n) is 2.44. The summed E-state index contributed by atoms with van der Waals surface area (Å²) in [6, 6.07) is 15.5.